The molecule has 2 unspecified atom stereocenters. The zero-order chi connectivity index (χ0) is 14.5. The van der Waals surface area contributed by atoms with Gasteiger partial charge in [0.2, 0.25) is 11.8 Å². The number of carbonyl (C=O) groups is 2. The highest BCUT2D eigenvalue weighted by molar-refractivity contribution is 5.95. The van der Waals surface area contributed by atoms with Gasteiger partial charge in [-0.2, -0.15) is 0 Å². The zero-order valence-electron chi connectivity index (χ0n) is 12.9. The lowest BCUT2D eigenvalue weighted by Crippen LogP contribution is -2.61. The Labute approximate surface area is 122 Å². The number of nitrogens with zero attached hydrogens (tertiary/aromatic N) is 1. The van der Waals surface area contributed by atoms with E-state index in [-0.39, 0.29) is 30.4 Å². The maximum Gasteiger partial charge on any atom is 0.245 e. The smallest absolute Gasteiger partial charge is 0.245 e. The van der Waals surface area contributed by atoms with Gasteiger partial charge in [-0.1, -0.05) is 39.5 Å². The maximum atomic E-state index is 12.6. The summed E-state index contributed by atoms with van der Waals surface area (Å²) in [4.78, 5) is 26.4. The highest BCUT2D eigenvalue weighted by Gasteiger charge is 2.38. The maximum absolute atomic E-state index is 12.6. The summed E-state index contributed by atoms with van der Waals surface area (Å²) in [6, 6.07) is -0.0351. The molecular weight excluding hydrogens is 252 g/mol. The fraction of sp³-hybridized carbons (Fsp3) is 0.875. The van der Waals surface area contributed by atoms with Crippen molar-refractivity contribution in [2.45, 2.75) is 77.3 Å². The summed E-state index contributed by atoms with van der Waals surface area (Å²) in [6.07, 6.45) is 8.92. The molecule has 2 fully saturated rings. The molecule has 0 aromatic heterocycles. The van der Waals surface area contributed by atoms with Gasteiger partial charge >= 0.3 is 0 Å². The Morgan fingerprint density at radius 3 is 2.50 bits per heavy atom. The molecule has 0 aromatic rings. The van der Waals surface area contributed by atoms with Crippen molar-refractivity contribution in [3.63, 3.8) is 0 Å². The number of nitrogens with one attached hydrogen (secondary N) is 1. The predicted octanol–water partition coefficient (Wildman–Crippen LogP) is 2.47. The fourth-order valence-corrected chi connectivity index (χ4v) is 3.83. The molecular formula is C16H28N2O2. The van der Waals surface area contributed by atoms with Gasteiger partial charge in [0.15, 0.2) is 0 Å². The first kappa shape index (κ1) is 15.3. The summed E-state index contributed by atoms with van der Waals surface area (Å²) in [5.41, 5.74) is 0. The highest BCUT2D eigenvalue weighted by atomic mass is 16.2. The average Bonchev–Trinajstić information content (AvgIpc) is 2.46. The minimum Gasteiger partial charge on any atom is -0.343 e. The first-order valence-electron chi connectivity index (χ1n) is 8.27. The van der Waals surface area contributed by atoms with E-state index in [9.17, 15) is 9.59 Å². The molecule has 4 nitrogen and oxygen atoms in total. The Balaban J connectivity index is 2.09. The molecule has 114 valence electrons. The molecule has 1 aliphatic heterocycles. The second kappa shape index (κ2) is 7.09. The molecule has 0 bridgehead atoms. The van der Waals surface area contributed by atoms with Crippen molar-refractivity contribution in [2.75, 3.05) is 6.54 Å². The number of hydrogen-bond donors (Lipinski definition) is 1. The van der Waals surface area contributed by atoms with Crippen LogP contribution in [-0.2, 0) is 9.59 Å². The van der Waals surface area contributed by atoms with Crippen LogP contribution in [0.2, 0.25) is 0 Å². The molecule has 1 aliphatic carbocycles. The third-order valence-corrected chi connectivity index (χ3v) is 4.82. The van der Waals surface area contributed by atoms with Crippen LogP contribution in [0.1, 0.15) is 65.2 Å². The van der Waals surface area contributed by atoms with Crippen molar-refractivity contribution >= 4 is 11.8 Å². The van der Waals surface area contributed by atoms with E-state index in [1.165, 1.54) is 32.1 Å². The van der Waals surface area contributed by atoms with Gasteiger partial charge in [-0.15, -0.1) is 0 Å². The first-order valence-corrected chi connectivity index (χ1v) is 8.27. The summed E-state index contributed by atoms with van der Waals surface area (Å²) in [5.74, 6) is 0.743. The van der Waals surface area contributed by atoms with E-state index in [4.69, 9.17) is 0 Å². The number of amides is 2. The van der Waals surface area contributed by atoms with Crippen molar-refractivity contribution in [1.82, 2.24) is 10.2 Å². The topological polar surface area (TPSA) is 49.4 Å². The van der Waals surface area contributed by atoms with Crippen LogP contribution >= 0.6 is 0 Å². The number of piperazine rings is 1. The molecule has 0 radical (unpaired) electrons. The van der Waals surface area contributed by atoms with E-state index in [2.05, 4.69) is 19.2 Å². The largest absolute Gasteiger partial charge is 0.343 e. The minimum absolute atomic E-state index is 0.0114. The van der Waals surface area contributed by atoms with E-state index in [1.54, 1.807) is 0 Å². The third kappa shape index (κ3) is 3.33. The van der Waals surface area contributed by atoms with Gasteiger partial charge in [0.1, 0.15) is 6.04 Å². The van der Waals surface area contributed by atoms with Crippen LogP contribution in [-0.4, -0.2) is 35.3 Å². The second-order valence-electron chi connectivity index (χ2n) is 6.25. The second-order valence-corrected chi connectivity index (χ2v) is 6.25. The van der Waals surface area contributed by atoms with Crippen molar-refractivity contribution in [2.24, 2.45) is 5.92 Å². The van der Waals surface area contributed by atoms with E-state index in [1.807, 2.05) is 4.90 Å². The summed E-state index contributed by atoms with van der Waals surface area (Å²) in [5, 5.41) is 2.85. The van der Waals surface area contributed by atoms with Gasteiger partial charge in [-0.3, -0.25) is 9.59 Å². The van der Waals surface area contributed by atoms with Crippen LogP contribution < -0.4 is 5.32 Å². The van der Waals surface area contributed by atoms with Gasteiger partial charge in [0.05, 0.1) is 6.54 Å². The summed E-state index contributed by atoms with van der Waals surface area (Å²) in [7, 11) is 0. The Kier molecular flexibility index (Phi) is 5.44. The molecule has 2 atom stereocenters. The molecule has 0 aromatic carbocycles. The van der Waals surface area contributed by atoms with Crippen molar-refractivity contribution in [1.29, 1.82) is 0 Å². The monoisotopic (exact) mass is 280 g/mol. The van der Waals surface area contributed by atoms with Crippen LogP contribution in [0.25, 0.3) is 0 Å². The van der Waals surface area contributed by atoms with Crippen molar-refractivity contribution in [3.8, 4) is 0 Å². The van der Waals surface area contributed by atoms with Gasteiger partial charge in [-0.05, 0) is 31.6 Å². The lowest BCUT2D eigenvalue weighted by Gasteiger charge is -2.42. The molecule has 2 rings (SSSR count). The van der Waals surface area contributed by atoms with Crippen molar-refractivity contribution < 1.29 is 9.59 Å². The van der Waals surface area contributed by atoms with Gasteiger partial charge < -0.3 is 10.2 Å². The van der Waals surface area contributed by atoms with Crippen LogP contribution in [0.15, 0.2) is 0 Å². The molecule has 1 saturated carbocycles. The Morgan fingerprint density at radius 1 is 1.20 bits per heavy atom. The lowest BCUT2D eigenvalue weighted by atomic mass is 9.81. The van der Waals surface area contributed by atoms with Crippen LogP contribution in [0, 0.1) is 5.92 Å². The van der Waals surface area contributed by atoms with Crippen LogP contribution in [0.5, 0.6) is 0 Å². The lowest BCUT2D eigenvalue weighted by molar-refractivity contribution is -0.148. The standard InChI is InChI=1S/C16H28N2O2/c1-3-8-13-16(20)18(11-15(19)17-13)14(4-2)12-9-6-5-7-10-12/h12-14H,3-11H2,1-2H3,(H,17,19). The van der Waals surface area contributed by atoms with Gasteiger partial charge in [-0.25, -0.2) is 0 Å². The summed E-state index contributed by atoms with van der Waals surface area (Å²) in [6.45, 7) is 4.46. The molecule has 2 amide bonds. The zero-order valence-corrected chi connectivity index (χ0v) is 12.9. The summed E-state index contributed by atoms with van der Waals surface area (Å²) >= 11 is 0. The molecule has 2 aliphatic rings. The van der Waals surface area contributed by atoms with Crippen LogP contribution in [0.4, 0.5) is 0 Å². The van der Waals surface area contributed by atoms with E-state index in [0.29, 0.717) is 5.92 Å². The molecule has 0 spiro atoms. The predicted molar refractivity (Wildman–Crippen MR) is 79.2 cm³/mol. The minimum atomic E-state index is -0.293. The number of hydrogen-bond acceptors (Lipinski definition) is 2. The third-order valence-electron chi connectivity index (χ3n) is 4.82. The van der Waals surface area contributed by atoms with E-state index < -0.39 is 0 Å². The number of carbonyl (C=O) groups excluding carboxylic acids is 2. The highest BCUT2D eigenvalue weighted by Crippen LogP contribution is 2.31. The molecule has 1 heterocycles. The number of rotatable bonds is 5. The fourth-order valence-electron chi connectivity index (χ4n) is 3.83. The quantitative estimate of drug-likeness (QED) is 0.841. The van der Waals surface area contributed by atoms with E-state index in [0.717, 1.165) is 19.3 Å². The van der Waals surface area contributed by atoms with Crippen molar-refractivity contribution in [3.05, 3.63) is 0 Å². The van der Waals surface area contributed by atoms with Crippen LogP contribution in [0.3, 0.4) is 0 Å². The molecule has 4 heteroatoms. The Morgan fingerprint density at radius 2 is 1.90 bits per heavy atom. The Bertz CT molecular complexity index is 350. The normalized spacial score (nSPS) is 26.5. The first-order chi connectivity index (χ1) is 9.67. The average molecular weight is 280 g/mol. The molecule has 1 saturated heterocycles. The Hall–Kier alpha value is -1.06. The van der Waals surface area contributed by atoms with E-state index >= 15 is 0 Å². The van der Waals surface area contributed by atoms with Gasteiger partial charge in [0.25, 0.3) is 0 Å². The van der Waals surface area contributed by atoms with Gasteiger partial charge in [0, 0.05) is 6.04 Å². The molecule has 20 heavy (non-hydrogen) atoms. The SMILES string of the molecule is CCCC1NC(=O)CN(C(CC)C2CCCCC2)C1=O. The molecule has 1 N–H and O–H groups in total. The summed E-state index contributed by atoms with van der Waals surface area (Å²) < 4.78 is 0.